The van der Waals surface area contributed by atoms with Gasteiger partial charge in [-0.15, -0.1) is 0 Å². The standard InChI is InChI=1S/C10H12ClN5O/c11-8-2-4-9(5-3-8)15-10(17)13-6-1-7-14-16-12/h2-5H,1,6-7H2,(H2,13,15,17). The van der Waals surface area contributed by atoms with Gasteiger partial charge in [0.1, 0.15) is 0 Å². The van der Waals surface area contributed by atoms with Gasteiger partial charge in [0.15, 0.2) is 0 Å². The van der Waals surface area contributed by atoms with E-state index in [2.05, 4.69) is 20.7 Å². The van der Waals surface area contributed by atoms with E-state index in [1.165, 1.54) is 0 Å². The van der Waals surface area contributed by atoms with Crippen molar-refractivity contribution >= 4 is 23.3 Å². The zero-order valence-corrected chi connectivity index (χ0v) is 9.81. The lowest BCUT2D eigenvalue weighted by Crippen LogP contribution is -2.29. The third-order valence-corrected chi connectivity index (χ3v) is 2.14. The topological polar surface area (TPSA) is 89.9 Å². The molecule has 2 N–H and O–H groups in total. The molecule has 0 radical (unpaired) electrons. The normalized spacial score (nSPS) is 9.24. The highest BCUT2D eigenvalue weighted by atomic mass is 35.5. The van der Waals surface area contributed by atoms with Gasteiger partial charge in [-0.1, -0.05) is 16.7 Å². The van der Waals surface area contributed by atoms with Crippen molar-refractivity contribution in [2.75, 3.05) is 18.4 Å². The molecule has 17 heavy (non-hydrogen) atoms. The van der Waals surface area contributed by atoms with E-state index in [0.29, 0.717) is 30.2 Å². The van der Waals surface area contributed by atoms with Crippen molar-refractivity contribution in [3.63, 3.8) is 0 Å². The number of urea groups is 1. The maximum absolute atomic E-state index is 11.4. The predicted molar refractivity (Wildman–Crippen MR) is 67.1 cm³/mol. The molecular weight excluding hydrogens is 242 g/mol. The molecule has 0 unspecified atom stereocenters. The van der Waals surface area contributed by atoms with Crippen LogP contribution in [0.15, 0.2) is 29.4 Å². The van der Waals surface area contributed by atoms with E-state index in [4.69, 9.17) is 17.1 Å². The highest BCUT2D eigenvalue weighted by molar-refractivity contribution is 6.30. The number of hydrogen-bond acceptors (Lipinski definition) is 2. The molecule has 0 saturated carbocycles. The minimum Gasteiger partial charge on any atom is -0.338 e. The van der Waals surface area contributed by atoms with Gasteiger partial charge < -0.3 is 10.6 Å². The summed E-state index contributed by atoms with van der Waals surface area (Å²) in [6.07, 6.45) is 0.609. The highest BCUT2D eigenvalue weighted by Crippen LogP contribution is 2.12. The lowest BCUT2D eigenvalue weighted by Gasteiger charge is -2.06. The average Bonchev–Trinajstić information content (AvgIpc) is 2.32. The van der Waals surface area contributed by atoms with E-state index >= 15 is 0 Å². The lowest BCUT2D eigenvalue weighted by atomic mass is 10.3. The summed E-state index contributed by atoms with van der Waals surface area (Å²) in [5.41, 5.74) is 8.71. The van der Waals surface area contributed by atoms with Crippen LogP contribution >= 0.6 is 11.6 Å². The molecule has 1 rings (SSSR count). The van der Waals surface area contributed by atoms with Crippen LogP contribution in [0.3, 0.4) is 0 Å². The minimum atomic E-state index is -0.298. The molecule has 0 aromatic heterocycles. The second-order valence-electron chi connectivity index (χ2n) is 3.20. The molecule has 0 bridgehead atoms. The molecule has 0 aliphatic heterocycles. The van der Waals surface area contributed by atoms with Gasteiger partial charge in [0, 0.05) is 28.7 Å². The molecule has 7 heteroatoms. The number of benzene rings is 1. The number of hydrogen-bond donors (Lipinski definition) is 2. The molecule has 0 atom stereocenters. The Kier molecular flexibility index (Phi) is 5.71. The Balaban J connectivity index is 2.25. The molecule has 0 spiro atoms. The number of carbonyl (C=O) groups is 1. The van der Waals surface area contributed by atoms with E-state index in [1.54, 1.807) is 24.3 Å². The Labute approximate surface area is 104 Å². The lowest BCUT2D eigenvalue weighted by molar-refractivity contribution is 0.252. The zero-order chi connectivity index (χ0) is 12.5. The van der Waals surface area contributed by atoms with E-state index in [0.717, 1.165) is 0 Å². The molecular formula is C10H12ClN5O. The molecule has 0 saturated heterocycles. The molecule has 1 aromatic carbocycles. The van der Waals surface area contributed by atoms with Gasteiger partial charge in [-0.25, -0.2) is 4.79 Å². The van der Waals surface area contributed by atoms with Gasteiger partial charge in [0.05, 0.1) is 0 Å². The van der Waals surface area contributed by atoms with Gasteiger partial charge in [0.2, 0.25) is 0 Å². The minimum absolute atomic E-state index is 0.298. The summed E-state index contributed by atoms with van der Waals surface area (Å²) in [5, 5.41) is 9.26. The van der Waals surface area contributed by atoms with Gasteiger partial charge in [-0.05, 0) is 36.2 Å². The number of nitrogens with one attached hydrogen (secondary N) is 2. The zero-order valence-electron chi connectivity index (χ0n) is 9.06. The number of azide groups is 1. The van der Waals surface area contributed by atoms with Crippen molar-refractivity contribution in [3.05, 3.63) is 39.7 Å². The molecule has 2 amide bonds. The van der Waals surface area contributed by atoms with Crippen LogP contribution in [0.1, 0.15) is 6.42 Å². The highest BCUT2D eigenvalue weighted by Gasteiger charge is 1.99. The smallest absolute Gasteiger partial charge is 0.319 e. The van der Waals surface area contributed by atoms with Gasteiger partial charge in [-0.3, -0.25) is 0 Å². The fraction of sp³-hybridized carbons (Fsp3) is 0.300. The van der Waals surface area contributed by atoms with E-state index in [1.807, 2.05) is 0 Å². The van der Waals surface area contributed by atoms with Gasteiger partial charge in [-0.2, -0.15) is 0 Å². The van der Waals surface area contributed by atoms with Crippen LogP contribution in [0.25, 0.3) is 10.4 Å². The first-order valence-electron chi connectivity index (χ1n) is 5.03. The second-order valence-corrected chi connectivity index (χ2v) is 3.63. The summed E-state index contributed by atoms with van der Waals surface area (Å²) >= 11 is 5.71. The molecule has 0 heterocycles. The first-order valence-corrected chi connectivity index (χ1v) is 5.41. The Morgan fingerprint density at radius 2 is 2.12 bits per heavy atom. The van der Waals surface area contributed by atoms with Gasteiger partial charge >= 0.3 is 6.03 Å². The van der Waals surface area contributed by atoms with Crippen molar-refractivity contribution in [2.45, 2.75) is 6.42 Å². The first-order chi connectivity index (χ1) is 8.22. The van der Waals surface area contributed by atoms with Crippen LogP contribution in [-0.2, 0) is 0 Å². The number of anilines is 1. The van der Waals surface area contributed by atoms with Crippen LogP contribution in [0, 0.1) is 0 Å². The van der Waals surface area contributed by atoms with Crippen LogP contribution in [0.5, 0.6) is 0 Å². The number of nitrogens with zero attached hydrogens (tertiary/aromatic N) is 3. The van der Waals surface area contributed by atoms with E-state index in [9.17, 15) is 4.79 Å². The maximum Gasteiger partial charge on any atom is 0.319 e. The van der Waals surface area contributed by atoms with E-state index < -0.39 is 0 Å². The largest absolute Gasteiger partial charge is 0.338 e. The molecule has 1 aromatic rings. The van der Waals surface area contributed by atoms with Crippen LogP contribution in [-0.4, -0.2) is 19.1 Å². The molecule has 90 valence electrons. The number of halogens is 1. The van der Waals surface area contributed by atoms with Crippen LogP contribution in [0.4, 0.5) is 10.5 Å². The predicted octanol–water partition coefficient (Wildman–Crippen LogP) is 3.16. The van der Waals surface area contributed by atoms with Gasteiger partial charge in [0.25, 0.3) is 0 Å². The SMILES string of the molecule is [N-]=[N+]=NCCCNC(=O)Nc1ccc(Cl)cc1. The van der Waals surface area contributed by atoms with Crippen LogP contribution < -0.4 is 10.6 Å². The Morgan fingerprint density at radius 1 is 1.41 bits per heavy atom. The van der Waals surface area contributed by atoms with Crippen molar-refractivity contribution in [2.24, 2.45) is 5.11 Å². The summed E-state index contributed by atoms with van der Waals surface area (Å²) in [4.78, 5) is 14.0. The Morgan fingerprint density at radius 3 is 2.76 bits per heavy atom. The third kappa shape index (κ3) is 5.65. The van der Waals surface area contributed by atoms with Crippen molar-refractivity contribution in [3.8, 4) is 0 Å². The fourth-order valence-electron chi connectivity index (χ4n) is 1.10. The maximum atomic E-state index is 11.4. The number of rotatable bonds is 5. The molecule has 6 nitrogen and oxygen atoms in total. The first kappa shape index (κ1) is 13.2. The van der Waals surface area contributed by atoms with Crippen molar-refractivity contribution in [1.29, 1.82) is 0 Å². The number of carbonyl (C=O) groups excluding carboxylic acids is 1. The average molecular weight is 254 g/mol. The summed E-state index contributed by atoms with van der Waals surface area (Å²) < 4.78 is 0. The second kappa shape index (κ2) is 7.38. The quantitative estimate of drug-likeness (QED) is 0.359. The van der Waals surface area contributed by atoms with E-state index in [-0.39, 0.29) is 6.03 Å². The fourth-order valence-corrected chi connectivity index (χ4v) is 1.23. The Hall–Kier alpha value is -1.91. The summed E-state index contributed by atoms with van der Waals surface area (Å²) in [7, 11) is 0. The molecule has 0 aliphatic carbocycles. The van der Waals surface area contributed by atoms with Crippen molar-refractivity contribution < 1.29 is 4.79 Å². The van der Waals surface area contributed by atoms with Crippen LogP contribution in [0.2, 0.25) is 5.02 Å². The summed E-state index contributed by atoms with van der Waals surface area (Å²) in [6.45, 7) is 0.830. The molecule has 0 aliphatic rings. The Bertz CT molecular complexity index is 413. The van der Waals surface area contributed by atoms with Crippen molar-refractivity contribution in [1.82, 2.24) is 5.32 Å². The summed E-state index contributed by atoms with van der Waals surface area (Å²) in [6, 6.07) is 6.51. The third-order valence-electron chi connectivity index (χ3n) is 1.89. The summed E-state index contributed by atoms with van der Waals surface area (Å²) in [5.74, 6) is 0. The number of amides is 2. The monoisotopic (exact) mass is 253 g/mol. The molecule has 0 fully saturated rings.